The number of nitrogens with two attached hydrogens (primary N) is 1. The first-order valence-corrected chi connectivity index (χ1v) is 10.7. The van der Waals surface area contributed by atoms with Gasteiger partial charge in [0, 0.05) is 26.2 Å². The number of nitrogens with one attached hydrogen (secondary N) is 1. The standard InChI is InChI=1S/C19H28N4O5S/c1-27-16-6-4-3-5-15(16)22-8-10-23(11-9-22)17(24)13-28-18(25)14(7-12-29-2)21-19(20)26/h3-6,14H,7-13H2,1-2H3,(H3,20,21,26)/t14-/m1/s1. The zero-order chi connectivity index (χ0) is 21.2. The maximum Gasteiger partial charge on any atom is 0.329 e. The molecule has 0 radical (unpaired) electrons. The summed E-state index contributed by atoms with van der Waals surface area (Å²) in [5.74, 6) is 0.526. The number of nitrogens with zero attached hydrogens (tertiary/aromatic N) is 2. The van der Waals surface area contributed by atoms with Crippen LogP contribution in [0.1, 0.15) is 6.42 Å². The second kappa shape index (κ2) is 11.4. The Labute approximate surface area is 174 Å². The zero-order valence-electron chi connectivity index (χ0n) is 16.8. The van der Waals surface area contributed by atoms with Crippen molar-refractivity contribution < 1.29 is 23.9 Å². The van der Waals surface area contributed by atoms with Crippen LogP contribution in [0.25, 0.3) is 0 Å². The molecule has 0 aliphatic carbocycles. The minimum atomic E-state index is -0.852. The average molecular weight is 425 g/mol. The Morgan fingerprint density at radius 2 is 1.90 bits per heavy atom. The monoisotopic (exact) mass is 424 g/mol. The summed E-state index contributed by atoms with van der Waals surface area (Å²) < 4.78 is 10.5. The highest BCUT2D eigenvalue weighted by Crippen LogP contribution is 2.28. The van der Waals surface area contributed by atoms with Gasteiger partial charge in [0.25, 0.3) is 5.91 Å². The number of anilines is 1. The molecule has 0 bridgehead atoms. The van der Waals surface area contributed by atoms with Gasteiger partial charge >= 0.3 is 12.0 Å². The number of hydrogen-bond donors (Lipinski definition) is 2. The van der Waals surface area contributed by atoms with Crippen molar-refractivity contribution in [1.29, 1.82) is 0 Å². The lowest BCUT2D eigenvalue weighted by Crippen LogP contribution is -2.50. The van der Waals surface area contributed by atoms with Gasteiger partial charge < -0.3 is 30.3 Å². The molecule has 160 valence electrons. The van der Waals surface area contributed by atoms with Crippen LogP contribution in [0.3, 0.4) is 0 Å². The smallest absolute Gasteiger partial charge is 0.329 e. The number of thioether (sulfide) groups is 1. The predicted molar refractivity (Wildman–Crippen MR) is 112 cm³/mol. The van der Waals surface area contributed by atoms with Gasteiger partial charge in [-0.25, -0.2) is 9.59 Å². The van der Waals surface area contributed by atoms with E-state index in [4.69, 9.17) is 15.2 Å². The molecule has 1 aromatic carbocycles. The number of ether oxygens (including phenoxy) is 2. The number of benzene rings is 1. The molecule has 1 aliphatic rings. The van der Waals surface area contributed by atoms with E-state index in [0.717, 1.165) is 11.4 Å². The molecule has 0 unspecified atom stereocenters. The van der Waals surface area contributed by atoms with E-state index in [9.17, 15) is 14.4 Å². The van der Waals surface area contributed by atoms with Crippen molar-refractivity contribution in [2.75, 3.05) is 56.8 Å². The number of amides is 3. The molecule has 1 fully saturated rings. The molecule has 1 aromatic rings. The van der Waals surface area contributed by atoms with Crippen LogP contribution in [0.4, 0.5) is 10.5 Å². The number of hydrogen-bond acceptors (Lipinski definition) is 7. The van der Waals surface area contributed by atoms with Gasteiger partial charge in [0.1, 0.15) is 11.8 Å². The van der Waals surface area contributed by atoms with Crippen LogP contribution in [0, 0.1) is 0 Å². The summed E-state index contributed by atoms with van der Waals surface area (Å²) in [5, 5.41) is 2.36. The Balaban J connectivity index is 1.83. The number of para-hydroxylation sites is 2. The number of piperazine rings is 1. The first-order chi connectivity index (χ1) is 14.0. The summed E-state index contributed by atoms with van der Waals surface area (Å²) in [7, 11) is 1.63. The Hall–Kier alpha value is -2.62. The highest BCUT2D eigenvalue weighted by atomic mass is 32.2. The molecule has 1 atom stereocenters. The molecule has 9 nitrogen and oxygen atoms in total. The molecule has 10 heteroatoms. The molecule has 0 saturated carbocycles. The number of urea groups is 1. The quantitative estimate of drug-likeness (QED) is 0.560. The van der Waals surface area contributed by atoms with Crippen LogP contribution in [-0.4, -0.2) is 80.8 Å². The number of rotatable bonds is 9. The summed E-state index contributed by atoms with van der Waals surface area (Å²) in [6, 6.07) is 6.10. The third-order valence-electron chi connectivity index (χ3n) is 4.61. The van der Waals surface area contributed by atoms with Crippen molar-refractivity contribution in [2.45, 2.75) is 12.5 Å². The third-order valence-corrected chi connectivity index (χ3v) is 5.25. The molecule has 0 aromatic heterocycles. The van der Waals surface area contributed by atoms with Crippen molar-refractivity contribution in [3.8, 4) is 5.75 Å². The number of esters is 1. The first kappa shape index (κ1) is 22.7. The van der Waals surface area contributed by atoms with Gasteiger partial charge in [-0.05, 0) is 30.6 Å². The average Bonchev–Trinajstić information content (AvgIpc) is 2.74. The molecule has 1 saturated heterocycles. The van der Waals surface area contributed by atoms with E-state index < -0.39 is 18.0 Å². The van der Waals surface area contributed by atoms with Crippen molar-refractivity contribution in [3.63, 3.8) is 0 Å². The van der Waals surface area contributed by atoms with Gasteiger partial charge in [0.2, 0.25) is 0 Å². The van der Waals surface area contributed by atoms with Gasteiger partial charge in [-0.3, -0.25) is 4.79 Å². The lowest BCUT2D eigenvalue weighted by molar-refractivity contribution is -0.153. The topological polar surface area (TPSA) is 114 Å². The van der Waals surface area contributed by atoms with Gasteiger partial charge in [-0.2, -0.15) is 11.8 Å². The van der Waals surface area contributed by atoms with E-state index in [-0.39, 0.29) is 12.5 Å². The van der Waals surface area contributed by atoms with Crippen LogP contribution in [0.15, 0.2) is 24.3 Å². The van der Waals surface area contributed by atoms with Gasteiger partial charge in [0.05, 0.1) is 12.8 Å². The molecule has 2 rings (SSSR count). The molecule has 3 amide bonds. The second-order valence-electron chi connectivity index (χ2n) is 6.49. The van der Waals surface area contributed by atoms with Gasteiger partial charge in [-0.1, -0.05) is 12.1 Å². The van der Waals surface area contributed by atoms with Gasteiger partial charge in [0.15, 0.2) is 6.61 Å². The Bertz CT molecular complexity index is 710. The largest absolute Gasteiger partial charge is 0.495 e. The lowest BCUT2D eigenvalue weighted by Gasteiger charge is -2.36. The number of methoxy groups -OCH3 is 1. The molecular weight excluding hydrogens is 396 g/mol. The Kier molecular flexibility index (Phi) is 8.91. The molecule has 29 heavy (non-hydrogen) atoms. The van der Waals surface area contributed by atoms with E-state index in [0.29, 0.717) is 38.4 Å². The molecule has 1 aliphatic heterocycles. The summed E-state index contributed by atoms with van der Waals surface area (Å²) in [5.41, 5.74) is 6.09. The Morgan fingerprint density at radius 3 is 2.52 bits per heavy atom. The number of carbonyl (C=O) groups is 3. The molecule has 1 heterocycles. The maximum atomic E-state index is 12.4. The molecule has 0 spiro atoms. The maximum absolute atomic E-state index is 12.4. The number of carbonyl (C=O) groups excluding carboxylic acids is 3. The van der Waals surface area contributed by atoms with E-state index in [2.05, 4.69) is 10.2 Å². The summed E-state index contributed by atoms with van der Waals surface area (Å²) in [6.07, 6.45) is 2.27. The first-order valence-electron chi connectivity index (χ1n) is 9.33. The van der Waals surface area contributed by atoms with Crippen molar-refractivity contribution in [1.82, 2.24) is 10.2 Å². The van der Waals surface area contributed by atoms with E-state index >= 15 is 0 Å². The minimum absolute atomic E-state index is 0.263. The van der Waals surface area contributed by atoms with Crippen molar-refractivity contribution in [2.24, 2.45) is 5.73 Å². The highest BCUT2D eigenvalue weighted by molar-refractivity contribution is 7.98. The summed E-state index contributed by atoms with van der Waals surface area (Å²) in [4.78, 5) is 39.5. The third kappa shape index (κ3) is 6.74. The van der Waals surface area contributed by atoms with Crippen LogP contribution >= 0.6 is 11.8 Å². The van der Waals surface area contributed by atoms with Crippen LogP contribution in [0.2, 0.25) is 0 Å². The number of primary amides is 1. The predicted octanol–water partition coefficient (Wildman–Crippen LogP) is 0.677. The SMILES string of the molecule is COc1ccccc1N1CCN(C(=O)COC(=O)[C@@H](CCSC)NC(N)=O)CC1. The summed E-state index contributed by atoms with van der Waals surface area (Å²) >= 11 is 1.53. The van der Waals surface area contributed by atoms with Crippen LogP contribution in [0.5, 0.6) is 5.75 Å². The normalized spacial score (nSPS) is 14.8. The Morgan fingerprint density at radius 1 is 1.21 bits per heavy atom. The second-order valence-corrected chi connectivity index (χ2v) is 7.48. The van der Waals surface area contributed by atoms with Gasteiger partial charge in [-0.15, -0.1) is 0 Å². The van der Waals surface area contributed by atoms with Crippen molar-refractivity contribution in [3.05, 3.63) is 24.3 Å². The summed E-state index contributed by atoms with van der Waals surface area (Å²) in [6.45, 7) is 1.98. The van der Waals surface area contributed by atoms with E-state index in [1.165, 1.54) is 11.8 Å². The van der Waals surface area contributed by atoms with E-state index in [1.54, 1.807) is 12.0 Å². The van der Waals surface area contributed by atoms with Crippen molar-refractivity contribution >= 4 is 35.4 Å². The van der Waals surface area contributed by atoms with E-state index in [1.807, 2.05) is 30.5 Å². The molecular formula is C19H28N4O5S. The fourth-order valence-electron chi connectivity index (χ4n) is 3.07. The minimum Gasteiger partial charge on any atom is -0.495 e. The lowest BCUT2D eigenvalue weighted by atomic mass is 10.2. The fourth-order valence-corrected chi connectivity index (χ4v) is 3.54. The molecule has 3 N–H and O–H groups in total. The highest BCUT2D eigenvalue weighted by Gasteiger charge is 2.26. The zero-order valence-corrected chi connectivity index (χ0v) is 17.6. The van der Waals surface area contributed by atoms with Crippen LogP contribution in [-0.2, 0) is 14.3 Å². The van der Waals surface area contributed by atoms with Crippen LogP contribution < -0.4 is 20.7 Å². The fraction of sp³-hybridized carbons (Fsp3) is 0.526.